The number of rotatable bonds is 7. The lowest BCUT2D eigenvalue weighted by Gasteiger charge is -2.13. The molecule has 0 aliphatic heterocycles. The highest BCUT2D eigenvalue weighted by Gasteiger charge is 2.30. The smallest absolute Gasteiger partial charge is 0.416 e. The van der Waals surface area contributed by atoms with Crippen LogP contribution in [0.1, 0.15) is 34.7 Å². The van der Waals surface area contributed by atoms with Gasteiger partial charge in [0, 0.05) is 11.1 Å². The van der Waals surface area contributed by atoms with Gasteiger partial charge in [-0.2, -0.15) is 13.2 Å². The Morgan fingerprint density at radius 1 is 1.07 bits per heavy atom. The lowest BCUT2D eigenvalue weighted by atomic mass is 9.98. The normalized spacial score (nSPS) is 12.5. The van der Waals surface area contributed by atoms with E-state index in [1.165, 1.54) is 26.4 Å². The highest BCUT2D eigenvalue weighted by Crippen LogP contribution is 2.29. The van der Waals surface area contributed by atoms with Gasteiger partial charge in [0.15, 0.2) is 5.71 Å². The minimum atomic E-state index is -4.45. The summed E-state index contributed by atoms with van der Waals surface area (Å²) < 4.78 is 43.4. The molecule has 0 heterocycles. The fourth-order valence-electron chi connectivity index (χ4n) is 2.73. The van der Waals surface area contributed by atoms with Gasteiger partial charge in [0.1, 0.15) is 13.7 Å². The Bertz CT molecular complexity index is 969. The number of nitrogens with zero attached hydrogens (tertiary/aromatic N) is 2. The minimum absolute atomic E-state index is 0.0321. The third kappa shape index (κ3) is 5.59. The van der Waals surface area contributed by atoms with E-state index in [-0.39, 0.29) is 23.6 Å². The summed E-state index contributed by atoms with van der Waals surface area (Å²) in [5.41, 5.74) is 1.54. The van der Waals surface area contributed by atoms with E-state index >= 15 is 0 Å². The summed E-state index contributed by atoms with van der Waals surface area (Å²) in [6.45, 7) is 3.27. The lowest BCUT2D eigenvalue weighted by molar-refractivity contribution is -0.137. The summed E-state index contributed by atoms with van der Waals surface area (Å²) in [5.74, 6) is -0.684. The Hall–Kier alpha value is -3.36. The Kier molecular flexibility index (Phi) is 7.57. The van der Waals surface area contributed by atoms with E-state index < -0.39 is 17.7 Å². The van der Waals surface area contributed by atoms with Crippen LogP contribution in [0.5, 0.6) is 0 Å². The Morgan fingerprint density at radius 2 is 1.77 bits per heavy atom. The number of ether oxygens (including phenoxy) is 1. The molecule has 0 amide bonds. The van der Waals surface area contributed by atoms with Crippen molar-refractivity contribution in [1.29, 1.82) is 0 Å². The quantitative estimate of drug-likeness (QED) is 0.375. The Balaban J connectivity index is 2.27. The molecular formula is C21H21F3N2O4. The third-order valence-corrected chi connectivity index (χ3v) is 4.19. The second-order valence-corrected chi connectivity index (χ2v) is 6.25. The molecule has 0 atom stereocenters. The Morgan fingerprint density at radius 3 is 2.40 bits per heavy atom. The van der Waals surface area contributed by atoms with Gasteiger partial charge in [-0.05, 0) is 37.1 Å². The maximum atomic E-state index is 12.9. The summed E-state index contributed by atoms with van der Waals surface area (Å²) in [6.07, 6.45) is -4.45. The number of oxime groups is 2. The molecule has 0 N–H and O–H groups in total. The van der Waals surface area contributed by atoms with Crippen molar-refractivity contribution in [1.82, 2.24) is 0 Å². The molecule has 0 radical (unpaired) electrons. The zero-order valence-electron chi connectivity index (χ0n) is 16.9. The predicted molar refractivity (Wildman–Crippen MR) is 105 cm³/mol. The van der Waals surface area contributed by atoms with Crippen LogP contribution >= 0.6 is 0 Å². The van der Waals surface area contributed by atoms with Crippen LogP contribution in [-0.2, 0) is 32.0 Å². The topological polar surface area (TPSA) is 69.5 Å². The van der Waals surface area contributed by atoms with Gasteiger partial charge in [-0.3, -0.25) is 0 Å². The molecule has 0 spiro atoms. The van der Waals surface area contributed by atoms with Gasteiger partial charge in [-0.1, -0.05) is 40.6 Å². The van der Waals surface area contributed by atoms with Crippen molar-refractivity contribution in [3.8, 4) is 0 Å². The first-order valence-corrected chi connectivity index (χ1v) is 8.81. The zero-order chi connectivity index (χ0) is 22.3. The molecular weight excluding hydrogens is 401 g/mol. The average molecular weight is 422 g/mol. The maximum Gasteiger partial charge on any atom is 0.416 e. The molecule has 0 aliphatic carbocycles. The summed E-state index contributed by atoms with van der Waals surface area (Å²) in [4.78, 5) is 22.2. The molecule has 0 bridgehead atoms. The number of hydrogen-bond donors (Lipinski definition) is 0. The lowest BCUT2D eigenvalue weighted by Crippen LogP contribution is -2.20. The van der Waals surface area contributed by atoms with Crippen molar-refractivity contribution in [3.63, 3.8) is 0 Å². The van der Waals surface area contributed by atoms with Gasteiger partial charge < -0.3 is 14.4 Å². The second kappa shape index (κ2) is 9.91. The van der Waals surface area contributed by atoms with Crippen molar-refractivity contribution in [2.24, 2.45) is 10.3 Å². The average Bonchev–Trinajstić information content (AvgIpc) is 2.71. The highest BCUT2D eigenvalue weighted by molar-refractivity contribution is 6.43. The number of benzene rings is 2. The van der Waals surface area contributed by atoms with E-state index in [1.807, 2.05) is 0 Å². The van der Waals surface area contributed by atoms with E-state index in [1.54, 1.807) is 32.0 Å². The summed E-state index contributed by atoms with van der Waals surface area (Å²) in [6, 6.07) is 10.1. The van der Waals surface area contributed by atoms with Gasteiger partial charge >= 0.3 is 12.1 Å². The van der Waals surface area contributed by atoms with Crippen LogP contribution in [-0.4, -0.2) is 31.6 Å². The standard InChI is InChI=1S/C21H21F3N2O4/c1-13-7-5-9-16(18(13)19(26-29-4)20(27)28-3)12-30-25-14(2)15-8-6-10-17(11-15)21(22,23)24/h5-11H,12H2,1-4H3. The molecule has 30 heavy (non-hydrogen) atoms. The summed E-state index contributed by atoms with van der Waals surface area (Å²) in [7, 11) is 2.53. The van der Waals surface area contributed by atoms with Gasteiger partial charge in [0.25, 0.3) is 0 Å². The number of aryl methyl sites for hydroxylation is 1. The highest BCUT2D eigenvalue weighted by atomic mass is 19.4. The van der Waals surface area contributed by atoms with Crippen LogP contribution in [0.25, 0.3) is 0 Å². The zero-order valence-corrected chi connectivity index (χ0v) is 16.9. The number of halogens is 3. The molecule has 160 valence electrons. The van der Waals surface area contributed by atoms with Crippen LogP contribution in [0.3, 0.4) is 0 Å². The van der Waals surface area contributed by atoms with Crippen LogP contribution in [0.15, 0.2) is 52.8 Å². The number of esters is 1. The van der Waals surface area contributed by atoms with Crippen molar-refractivity contribution in [2.75, 3.05) is 14.2 Å². The number of carbonyl (C=O) groups is 1. The number of alkyl halides is 3. The van der Waals surface area contributed by atoms with E-state index in [2.05, 4.69) is 10.3 Å². The van der Waals surface area contributed by atoms with Gasteiger partial charge in [0.05, 0.1) is 18.4 Å². The third-order valence-electron chi connectivity index (χ3n) is 4.19. The van der Waals surface area contributed by atoms with Crippen molar-refractivity contribution < 1.29 is 32.4 Å². The summed E-state index contributed by atoms with van der Waals surface area (Å²) in [5, 5.41) is 7.67. The first-order chi connectivity index (χ1) is 14.2. The number of carbonyl (C=O) groups excluding carboxylic acids is 1. The molecule has 2 aromatic rings. The first kappa shape index (κ1) is 22.9. The van der Waals surface area contributed by atoms with Crippen LogP contribution < -0.4 is 0 Å². The van der Waals surface area contributed by atoms with Gasteiger partial charge in [-0.15, -0.1) is 0 Å². The molecule has 0 saturated carbocycles. The molecule has 9 heteroatoms. The molecule has 0 unspecified atom stereocenters. The monoisotopic (exact) mass is 422 g/mol. The molecule has 0 fully saturated rings. The molecule has 2 aromatic carbocycles. The maximum absolute atomic E-state index is 12.9. The van der Waals surface area contributed by atoms with Gasteiger partial charge in [-0.25, -0.2) is 4.79 Å². The van der Waals surface area contributed by atoms with Crippen molar-refractivity contribution in [2.45, 2.75) is 26.6 Å². The molecule has 2 rings (SSSR count). The SMILES string of the molecule is CON=C(C(=O)OC)c1c(C)cccc1CON=C(C)c1cccc(C(F)(F)F)c1. The van der Waals surface area contributed by atoms with Crippen molar-refractivity contribution in [3.05, 3.63) is 70.3 Å². The van der Waals surface area contributed by atoms with Gasteiger partial charge in [0.2, 0.25) is 0 Å². The predicted octanol–water partition coefficient (Wildman–Crippen LogP) is 4.48. The number of hydrogen-bond acceptors (Lipinski definition) is 6. The fraction of sp³-hybridized carbons (Fsp3) is 0.286. The van der Waals surface area contributed by atoms with E-state index in [9.17, 15) is 18.0 Å². The second-order valence-electron chi connectivity index (χ2n) is 6.25. The molecule has 6 nitrogen and oxygen atoms in total. The molecule has 0 aromatic heterocycles. The number of methoxy groups -OCH3 is 1. The molecule has 0 saturated heterocycles. The van der Waals surface area contributed by atoms with Crippen LogP contribution in [0.4, 0.5) is 13.2 Å². The van der Waals surface area contributed by atoms with E-state index in [4.69, 9.17) is 14.4 Å². The van der Waals surface area contributed by atoms with E-state index in [0.29, 0.717) is 11.1 Å². The van der Waals surface area contributed by atoms with Crippen molar-refractivity contribution >= 4 is 17.4 Å². The summed E-state index contributed by atoms with van der Waals surface area (Å²) >= 11 is 0. The first-order valence-electron chi connectivity index (χ1n) is 8.81. The van der Waals surface area contributed by atoms with Crippen LogP contribution in [0.2, 0.25) is 0 Å². The minimum Gasteiger partial charge on any atom is -0.464 e. The Labute approximate surface area is 171 Å². The fourth-order valence-corrected chi connectivity index (χ4v) is 2.73. The van der Waals surface area contributed by atoms with E-state index in [0.717, 1.165) is 17.7 Å². The molecule has 0 aliphatic rings. The van der Waals surface area contributed by atoms with Crippen LogP contribution in [0, 0.1) is 6.92 Å². The largest absolute Gasteiger partial charge is 0.464 e.